The molecule has 0 spiro atoms. The van der Waals surface area contributed by atoms with Crippen molar-refractivity contribution in [2.45, 2.75) is 32.2 Å². The minimum absolute atomic E-state index is 0.183. The zero-order valence-corrected chi connectivity index (χ0v) is 11.9. The second kappa shape index (κ2) is 6.75. The third-order valence-electron chi connectivity index (χ3n) is 3.83. The molecule has 5 heteroatoms. The highest BCUT2D eigenvalue weighted by molar-refractivity contribution is 6.31. The first-order chi connectivity index (χ1) is 9.59. The Morgan fingerprint density at radius 1 is 1.20 bits per heavy atom. The minimum atomic E-state index is -0.873. The van der Waals surface area contributed by atoms with Crippen molar-refractivity contribution in [2.75, 3.05) is 0 Å². The molecule has 0 bridgehead atoms. The highest BCUT2D eigenvalue weighted by Crippen LogP contribution is 2.30. The number of hydrogen-bond acceptors (Lipinski definition) is 2. The van der Waals surface area contributed by atoms with Crippen LogP contribution in [0.3, 0.4) is 0 Å². The fraction of sp³-hybridized carbons (Fsp3) is 0.467. The standard InChI is InChI=1S/C15H18ClNO3/c16-13-8-4-1-5-10(13)9-17-14(18)11-6-2-3-7-12(11)15(19)20/h1,4-5,8,11-12H,2-3,6-7,9H2,(H,17,18)(H,19,20)/t11-,12+/m1/s1. The summed E-state index contributed by atoms with van der Waals surface area (Å²) in [6.07, 6.45) is 3.02. The lowest BCUT2D eigenvalue weighted by Gasteiger charge is -2.27. The quantitative estimate of drug-likeness (QED) is 0.897. The molecular formula is C15H18ClNO3. The molecule has 4 nitrogen and oxygen atoms in total. The number of nitrogens with one attached hydrogen (secondary N) is 1. The van der Waals surface area contributed by atoms with Crippen molar-refractivity contribution in [2.24, 2.45) is 11.8 Å². The van der Waals surface area contributed by atoms with E-state index in [1.54, 1.807) is 6.07 Å². The van der Waals surface area contributed by atoms with Crippen molar-refractivity contribution in [3.8, 4) is 0 Å². The second-order valence-corrected chi connectivity index (χ2v) is 5.55. The van der Waals surface area contributed by atoms with Gasteiger partial charge in [0.2, 0.25) is 5.91 Å². The van der Waals surface area contributed by atoms with Gasteiger partial charge in [-0.15, -0.1) is 0 Å². The third-order valence-corrected chi connectivity index (χ3v) is 4.20. The molecule has 0 unspecified atom stereocenters. The SMILES string of the molecule is O=C(O)[C@H]1CCCC[C@H]1C(=O)NCc1ccccc1Cl. The van der Waals surface area contributed by atoms with Gasteiger partial charge in [-0.1, -0.05) is 42.6 Å². The van der Waals surface area contributed by atoms with Gasteiger partial charge >= 0.3 is 5.97 Å². The maximum Gasteiger partial charge on any atom is 0.307 e. The molecule has 0 saturated heterocycles. The van der Waals surface area contributed by atoms with Gasteiger partial charge in [0.05, 0.1) is 11.8 Å². The molecule has 108 valence electrons. The number of carbonyl (C=O) groups is 2. The molecule has 1 aliphatic rings. The molecule has 1 fully saturated rings. The fourth-order valence-corrected chi connectivity index (χ4v) is 2.90. The van der Waals surface area contributed by atoms with Crippen molar-refractivity contribution in [1.82, 2.24) is 5.32 Å². The Morgan fingerprint density at radius 3 is 2.50 bits per heavy atom. The Morgan fingerprint density at radius 2 is 1.85 bits per heavy atom. The lowest BCUT2D eigenvalue weighted by Crippen LogP contribution is -2.39. The van der Waals surface area contributed by atoms with Crippen LogP contribution >= 0.6 is 11.6 Å². The summed E-state index contributed by atoms with van der Waals surface area (Å²) in [4.78, 5) is 23.4. The van der Waals surface area contributed by atoms with Crippen molar-refractivity contribution < 1.29 is 14.7 Å². The van der Waals surface area contributed by atoms with Gasteiger partial charge < -0.3 is 10.4 Å². The molecule has 2 rings (SSSR count). The van der Waals surface area contributed by atoms with Crippen LogP contribution in [-0.2, 0) is 16.1 Å². The van der Waals surface area contributed by atoms with Crippen LogP contribution in [0.25, 0.3) is 0 Å². The summed E-state index contributed by atoms with van der Waals surface area (Å²) in [5, 5.41) is 12.6. The molecule has 0 aliphatic heterocycles. The fourth-order valence-electron chi connectivity index (χ4n) is 2.70. The van der Waals surface area contributed by atoms with E-state index >= 15 is 0 Å². The summed E-state index contributed by atoms with van der Waals surface area (Å²) < 4.78 is 0. The molecular weight excluding hydrogens is 278 g/mol. The number of carbonyl (C=O) groups excluding carboxylic acids is 1. The summed E-state index contributed by atoms with van der Waals surface area (Å²) in [6, 6.07) is 7.30. The van der Waals surface area contributed by atoms with Gasteiger partial charge in [0, 0.05) is 11.6 Å². The lowest BCUT2D eigenvalue weighted by molar-refractivity contribution is -0.148. The highest BCUT2D eigenvalue weighted by atomic mass is 35.5. The predicted molar refractivity (Wildman–Crippen MR) is 76.4 cm³/mol. The maximum atomic E-state index is 12.2. The summed E-state index contributed by atoms with van der Waals surface area (Å²) in [7, 11) is 0. The van der Waals surface area contributed by atoms with Gasteiger partial charge in [0.25, 0.3) is 0 Å². The number of benzene rings is 1. The zero-order chi connectivity index (χ0) is 14.5. The summed E-state index contributed by atoms with van der Waals surface area (Å²) in [5.41, 5.74) is 0.838. The van der Waals surface area contributed by atoms with Crippen LogP contribution < -0.4 is 5.32 Å². The van der Waals surface area contributed by atoms with E-state index < -0.39 is 17.8 Å². The predicted octanol–water partition coefficient (Wildman–Crippen LogP) is 2.85. The van der Waals surface area contributed by atoms with E-state index in [4.69, 9.17) is 11.6 Å². The molecule has 2 N–H and O–H groups in total. The number of hydrogen-bond donors (Lipinski definition) is 2. The van der Waals surface area contributed by atoms with E-state index in [0.717, 1.165) is 18.4 Å². The van der Waals surface area contributed by atoms with E-state index in [2.05, 4.69) is 5.32 Å². The van der Waals surface area contributed by atoms with Crippen LogP contribution in [0.1, 0.15) is 31.2 Å². The van der Waals surface area contributed by atoms with E-state index in [1.807, 2.05) is 18.2 Å². The topological polar surface area (TPSA) is 66.4 Å². The van der Waals surface area contributed by atoms with Gasteiger partial charge in [-0.3, -0.25) is 9.59 Å². The number of halogens is 1. The molecule has 1 aromatic rings. The van der Waals surface area contributed by atoms with E-state index in [9.17, 15) is 14.7 Å². The Balaban J connectivity index is 1.97. The van der Waals surface area contributed by atoms with Crippen molar-refractivity contribution in [3.63, 3.8) is 0 Å². The van der Waals surface area contributed by atoms with Crippen LogP contribution in [0.2, 0.25) is 5.02 Å². The monoisotopic (exact) mass is 295 g/mol. The Labute approximate surface area is 123 Å². The summed E-state index contributed by atoms with van der Waals surface area (Å²) in [6.45, 7) is 0.335. The van der Waals surface area contributed by atoms with Crippen LogP contribution in [0, 0.1) is 11.8 Å². The zero-order valence-electron chi connectivity index (χ0n) is 11.1. The molecule has 1 saturated carbocycles. The second-order valence-electron chi connectivity index (χ2n) is 5.14. The Bertz CT molecular complexity index is 504. The highest BCUT2D eigenvalue weighted by Gasteiger charge is 2.35. The molecule has 20 heavy (non-hydrogen) atoms. The maximum absolute atomic E-state index is 12.2. The third kappa shape index (κ3) is 3.51. The molecule has 0 radical (unpaired) electrons. The largest absolute Gasteiger partial charge is 0.481 e. The van der Waals surface area contributed by atoms with Crippen molar-refractivity contribution in [3.05, 3.63) is 34.9 Å². The van der Waals surface area contributed by atoms with Gasteiger partial charge in [-0.2, -0.15) is 0 Å². The molecule has 0 aromatic heterocycles. The normalized spacial score (nSPS) is 22.2. The van der Waals surface area contributed by atoms with Gasteiger partial charge in [0.15, 0.2) is 0 Å². The van der Waals surface area contributed by atoms with Crippen LogP contribution in [-0.4, -0.2) is 17.0 Å². The van der Waals surface area contributed by atoms with Gasteiger partial charge in [-0.25, -0.2) is 0 Å². The lowest BCUT2D eigenvalue weighted by atomic mass is 9.78. The molecule has 1 aromatic carbocycles. The summed E-state index contributed by atoms with van der Waals surface area (Å²) >= 11 is 6.03. The molecule has 2 atom stereocenters. The van der Waals surface area contributed by atoms with Crippen LogP contribution in [0.4, 0.5) is 0 Å². The number of amides is 1. The average molecular weight is 296 g/mol. The number of carboxylic acids is 1. The van der Waals surface area contributed by atoms with Crippen LogP contribution in [0.15, 0.2) is 24.3 Å². The molecule has 1 amide bonds. The van der Waals surface area contributed by atoms with Gasteiger partial charge in [-0.05, 0) is 24.5 Å². The van der Waals surface area contributed by atoms with Crippen molar-refractivity contribution >= 4 is 23.5 Å². The first-order valence-corrected chi connectivity index (χ1v) is 7.21. The minimum Gasteiger partial charge on any atom is -0.481 e. The van der Waals surface area contributed by atoms with E-state index in [-0.39, 0.29) is 5.91 Å². The van der Waals surface area contributed by atoms with E-state index in [1.165, 1.54) is 0 Å². The summed E-state index contributed by atoms with van der Waals surface area (Å²) in [5.74, 6) is -2.04. The average Bonchev–Trinajstić information content (AvgIpc) is 2.46. The van der Waals surface area contributed by atoms with E-state index in [0.29, 0.717) is 24.4 Å². The van der Waals surface area contributed by atoms with Crippen LogP contribution in [0.5, 0.6) is 0 Å². The number of carboxylic acid groups (broad SMARTS) is 1. The Hall–Kier alpha value is -1.55. The Kier molecular flexibility index (Phi) is 5.01. The number of aliphatic carboxylic acids is 1. The smallest absolute Gasteiger partial charge is 0.307 e. The first-order valence-electron chi connectivity index (χ1n) is 6.83. The molecule has 0 heterocycles. The number of rotatable bonds is 4. The van der Waals surface area contributed by atoms with Gasteiger partial charge in [0.1, 0.15) is 0 Å². The van der Waals surface area contributed by atoms with Crippen molar-refractivity contribution in [1.29, 1.82) is 0 Å². The first kappa shape index (κ1) is 14.9. The molecule has 1 aliphatic carbocycles.